The van der Waals surface area contributed by atoms with Gasteiger partial charge in [-0.1, -0.05) is 23.5 Å². The average molecular weight is 532 g/mol. The van der Waals surface area contributed by atoms with Gasteiger partial charge < -0.3 is 9.64 Å². The monoisotopic (exact) mass is 531 g/mol. The van der Waals surface area contributed by atoms with Gasteiger partial charge in [0.1, 0.15) is 5.75 Å². The first-order valence-electron chi connectivity index (χ1n) is 8.65. The highest BCUT2D eigenvalue weighted by Crippen LogP contribution is 2.32. The van der Waals surface area contributed by atoms with Gasteiger partial charge in [-0.05, 0) is 73.9 Å². The van der Waals surface area contributed by atoms with Crippen LogP contribution in [0, 0.1) is 3.57 Å². The van der Waals surface area contributed by atoms with E-state index in [0.29, 0.717) is 12.1 Å². The summed E-state index contributed by atoms with van der Waals surface area (Å²) in [4.78, 5) is 21.9. The summed E-state index contributed by atoms with van der Waals surface area (Å²) >= 11 is 3.75. The number of methoxy groups -OCH3 is 1. The molecule has 0 N–H and O–H groups in total. The van der Waals surface area contributed by atoms with Crippen molar-refractivity contribution >= 4 is 67.6 Å². The number of halogens is 2. The number of rotatable bonds is 7. The molecular weight excluding hydrogens is 509 g/mol. The van der Waals surface area contributed by atoms with Crippen LogP contribution < -0.4 is 9.64 Å². The molecule has 8 heteroatoms. The number of nitrogens with zero attached hydrogens (tertiary/aromatic N) is 3. The van der Waals surface area contributed by atoms with Gasteiger partial charge in [-0.3, -0.25) is 9.69 Å². The molecule has 1 amide bonds. The molecule has 0 aliphatic heterocycles. The van der Waals surface area contributed by atoms with Crippen LogP contribution in [-0.4, -0.2) is 50.1 Å². The lowest BCUT2D eigenvalue weighted by Gasteiger charge is -2.21. The number of thiazole rings is 1. The number of carbonyl (C=O) groups is 1. The summed E-state index contributed by atoms with van der Waals surface area (Å²) in [5, 5.41) is 0.724. The van der Waals surface area contributed by atoms with Crippen LogP contribution in [0.1, 0.15) is 16.8 Å². The summed E-state index contributed by atoms with van der Waals surface area (Å²) in [6.45, 7) is 1.54. The maximum Gasteiger partial charge on any atom is 0.261 e. The van der Waals surface area contributed by atoms with Crippen molar-refractivity contribution in [2.75, 3.05) is 39.2 Å². The Morgan fingerprint density at radius 3 is 2.61 bits per heavy atom. The van der Waals surface area contributed by atoms with Crippen molar-refractivity contribution in [2.24, 2.45) is 0 Å². The zero-order chi connectivity index (χ0) is 19.4. The lowest BCUT2D eigenvalue weighted by atomic mass is 10.2. The first-order valence-corrected chi connectivity index (χ1v) is 10.5. The standard InChI is InChI=1S/C20H22IN3O2S.ClH/c1-23(2)11-6-12-24(19(25)15-7-4-5-8-16(15)21)20-22-17-13-14(26-3)9-10-18(17)27-20;/h4-5,7-10,13H,6,11-12H2,1-3H3;1H. The highest BCUT2D eigenvalue weighted by Gasteiger charge is 2.22. The van der Waals surface area contributed by atoms with Gasteiger partial charge in [0.2, 0.25) is 0 Å². The second kappa shape index (κ2) is 10.4. The molecule has 1 aromatic heterocycles. The first-order chi connectivity index (χ1) is 13.0. The van der Waals surface area contributed by atoms with Crippen LogP contribution in [0.15, 0.2) is 42.5 Å². The minimum Gasteiger partial charge on any atom is -0.497 e. The Morgan fingerprint density at radius 2 is 1.93 bits per heavy atom. The molecule has 0 bridgehead atoms. The Balaban J connectivity index is 0.00000280. The Bertz CT molecular complexity index is 948. The molecule has 0 unspecified atom stereocenters. The highest BCUT2D eigenvalue weighted by molar-refractivity contribution is 14.1. The van der Waals surface area contributed by atoms with Crippen molar-refractivity contribution in [3.63, 3.8) is 0 Å². The highest BCUT2D eigenvalue weighted by atomic mass is 127. The van der Waals surface area contributed by atoms with Crippen molar-refractivity contribution in [1.29, 1.82) is 0 Å². The van der Waals surface area contributed by atoms with E-state index in [1.165, 1.54) is 11.3 Å². The third kappa shape index (κ3) is 5.34. The van der Waals surface area contributed by atoms with E-state index in [-0.39, 0.29) is 18.3 Å². The zero-order valence-electron chi connectivity index (χ0n) is 16.0. The molecule has 0 aliphatic carbocycles. The first kappa shape index (κ1) is 22.9. The molecule has 28 heavy (non-hydrogen) atoms. The predicted molar refractivity (Wildman–Crippen MR) is 127 cm³/mol. The molecule has 1 heterocycles. The number of carbonyl (C=O) groups excluding carboxylic acids is 1. The number of fused-ring (bicyclic) bond motifs is 1. The van der Waals surface area contributed by atoms with Crippen molar-refractivity contribution in [3.8, 4) is 5.75 Å². The fourth-order valence-corrected chi connectivity index (χ4v) is 4.34. The van der Waals surface area contributed by atoms with E-state index >= 15 is 0 Å². The van der Waals surface area contributed by atoms with Crippen molar-refractivity contribution in [2.45, 2.75) is 6.42 Å². The topological polar surface area (TPSA) is 45.7 Å². The Morgan fingerprint density at radius 1 is 1.18 bits per heavy atom. The fourth-order valence-electron chi connectivity index (χ4n) is 2.75. The number of hydrogen-bond donors (Lipinski definition) is 0. The van der Waals surface area contributed by atoms with Crippen LogP contribution in [0.4, 0.5) is 5.13 Å². The Labute approximate surface area is 189 Å². The molecule has 3 aromatic rings. The molecule has 2 aromatic carbocycles. The van der Waals surface area contributed by atoms with Crippen molar-refractivity contribution < 1.29 is 9.53 Å². The molecule has 5 nitrogen and oxygen atoms in total. The maximum absolute atomic E-state index is 13.3. The lowest BCUT2D eigenvalue weighted by molar-refractivity contribution is 0.0985. The van der Waals surface area contributed by atoms with Gasteiger partial charge in [0, 0.05) is 16.2 Å². The van der Waals surface area contributed by atoms with E-state index in [0.717, 1.165) is 37.6 Å². The number of aromatic nitrogens is 1. The summed E-state index contributed by atoms with van der Waals surface area (Å²) in [5.41, 5.74) is 1.56. The zero-order valence-corrected chi connectivity index (χ0v) is 19.8. The molecule has 0 fully saturated rings. The number of amides is 1. The number of benzene rings is 2. The SMILES string of the molecule is COc1ccc2sc(N(CCCN(C)C)C(=O)c3ccccc3I)nc2c1.Cl. The van der Waals surface area contributed by atoms with Crippen LogP contribution in [0.5, 0.6) is 5.75 Å². The normalized spacial score (nSPS) is 10.8. The molecule has 0 aliphatic rings. The van der Waals surface area contributed by atoms with Crippen LogP contribution in [0.2, 0.25) is 0 Å². The van der Waals surface area contributed by atoms with Crippen LogP contribution in [0.25, 0.3) is 10.2 Å². The minimum atomic E-state index is -0.00947. The van der Waals surface area contributed by atoms with Gasteiger partial charge in [0.05, 0.1) is 22.9 Å². The largest absolute Gasteiger partial charge is 0.497 e. The van der Waals surface area contributed by atoms with Gasteiger partial charge >= 0.3 is 0 Å². The van der Waals surface area contributed by atoms with Gasteiger partial charge in [-0.2, -0.15) is 0 Å². The summed E-state index contributed by atoms with van der Waals surface area (Å²) < 4.78 is 7.28. The maximum atomic E-state index is 13.3. The van der Waals surface area contributed by atoms with Gasteiger partial charge in [-0.25, -0.2) is 4.98 Å². The molecular formula is C20H23ClIN3O2S. The van der Waals surface area contributed by atoms with E-state index < -0.39 is 0 Å². The minimum absolute atomic E-state index is 0. The van der Waals surface area contributed by atoms with E-state index in [4.69, 9.17) is 9.72 Å². The van der Waals surface area contributed by atoms with Gasteiger partial charge in [0.25, 0.3) is 5.91 Å². The van der Waals surface area contributed by atoms with E-state index in [2.05, 4.69) is 27.5 Å². The predicted octanol–water partition coefficient (Wildman–Crippen LogP) is 4.93. The molecule has 0 atom stereocenters. The Hall–Kier alpha value is -1.42. The quantitative estimate of drug-likeness (QED) is 0.406. The number of ether oxygens (including phenoxy) is 1. The summed E-state index contributed by atoms with van der Waals surface area (Å²) in [5.74, 6) is 0.757. The van der Waals surface area contributed by atoms with Gasteiger partial charge in [-0.15, -0.1) is 12.4 Å². The third-order valence-electron chi connectivity index (χ3n) is 4.15. The summed E-state index contributed by atoms with van der Waals surface area (Å²) in [6.07, 6.45) is 0.876. The summed E-state index contributed by atoms with van der Waals surface area (Å²) in [6, 6.07) is 13.5. The van der Waals surface area contributed by atoms with E-state index in [1.807, 2.05) is 56.6 Å². The number of anilines is 1. The summed E-state index contributed by atoms with van der Waals surface area (Å²) in [7, 11) is 5.72. The molecule has 3 rings (SSSR count). The fraction of sp³-hybridized carbons (Fsp3) is 0.300. The van der Waals surface area contributed by atoms with Crippen molar-refractivity contribution in [1.82, 2.24) is 9.88 Å². The van der Waals surface area contributed by atoms with E-state index in [9.17, 15) is 4.79 Å². The second-order valence-corrected chi connectivity index (χ2v) is 8.59. The second-order valence-electron chi connectivity index (χ2n) is 6.42. The van der Waals surface area contributed by atoms with Crippen LogP contribution in [0.3, 0.4) is 0 Å². The Kier molecular flexibility index (Phi) is 8.48. The third-order valence-corrected chi connectivity index (χ3v) is 6.15. The molecule has 0 saturated heterocycles. The molecule has 0 saturated carbocycles. The average Bonchev–Trinajstić information content (AvgIpc) is 3.07. The van der Waals surface area contributed by atoms with E-state index in [1.54, 1.807) is 12.0 Å². The van der Waals surface area contributed by atoms with Crippen molar-refractivity contribution in [3.05, 3.63) is 51.6 Å². The van der Waals surface area contributed by atoms with Gasteiger partial charge in [0.15, 0.2) is 5.13 Å². The van der Waals surface area contributed by atoms with Crippen LogP contribution >= 0.6 is 46.3 Å². The molecule has 0 spiro atoms. The molecule has 0 radical (unpaired) electrons. The number of hydrogen-bond acceptors (Lipinski definition) is 5. The van der Waals surface area contributed by atoms with Crippen LogP contribution in [-0.2, 0) is 0 Å². The molecule has 150 valence electrons. The smallest absolute Gasteiger partial charge is 0.261 e. The lowest BCUT2D eigenvalue weighted by Crippen LogP contribution is -2.33.